The van der Waals surface area contributed by atoms with Crippen molar-refractivity contribution >= 4 is 41.0 Å². The topological polar surface area (TPSA) is 114 Å². The van der Waals surface area contributed by atoms with E-state index in [9.17, 15) is 14.4 Å². The number of amides is 4. The van der Waals surface area contributed by atoms with Crippen molar-refractivity contribution in [1.29, 1.82) is 0 Å². The minimum Gasteiger partial charge on any atom is -0.497 e. The van der Waals surface area contributed by atoms with E-state index in [2.05, 4.69) is 5.32 Å². The van der Waals surface area contributed by atoms with Gasteiger partial charge in [0.05, 0.1) is 30.9 Å². The van der Waals surface area contributed by atoms with Gasteiger partial charge in [0, 0.05) is 29.2 Å². The number of urea groups is 1. The Morgan fingerprint density at radius 1 is 0.927 bits per heavy atom. The molecule has 2 atom stereocenters. The SMILES string of the molecule is COc1ccc(C(=O)N[C@@H](c2ccc(Cl)cc2)[C@@H](c2ccc(Cl)cc2)N2CCN(C(N)=O)CC2=O)c(OC(C)C)c1. The summed E-state index contributed by atoms with van der Waals surface area (Å²) >= 11 is 12.4. The molecule has 0 saturated carbocycles. The Balaban J connectivity index is 1.80. The summed E-state index contributed by atoms with van der Waals surface area (Å²) in [6, 6.07) is 17.1. The van der Waals surface area contributed by atoms with Gasteiger partial charge in [0.2, 0.25) is 5.91 Å². The van der Waals surface area contributed by atoms with Crippen LogP contribution in [0, 0.1) is 0 Å². The molecule has 4 rings (SSSR count). The number of rotatable bonds is 9. The maximum Gasteiger partial charge on any atom is 0.315 e. The second-order valence-corrected chi connectivity index (χ2v) is 10.7. The van der Waals surface area contributed by atoms with Crippen molar-refractivity contribution in [3.63, 3.8) is 0 Å². The zero-order valence-electron chi connectivity index (χ0n) is 23.0. The molecule has 0 unspecified atom stereocenters. The largest absolute Gasteiger partial charge is 0.497 e. The lowest BCUT2D eigenvalue weighted by Gasteiger charge is -2.42. The van der Waals surface area contributed by atoms with E-state index in [0.29, 0.717) is 32.7 Å². The third-order valence-corrected chi connectivity index (χ3v) is 7.25. The minimum atomic E-state index is -0.723. The number of methoxy groups -OCH3 is 1. The summed E-state index contributed by atoms with van der Waals surface area (Å²) in [6.45, 7) is 4.01. The van der Waals surface area contributed by atoms with E-state index in [1.165, 1.54) is 12.0 Å². The van der Waals surface area contributed by atoms with Crippen LogP contribution in [-0.4, -0.2) is 60.5 Å². The lowest BCUT2D eigenvalue weighted by atomic mass is 9.90. The molecule has 1 aliphatic heterocycles. The molecule has 216 valence electrons. The van der Waals surface area contributed by atoms with Gasteiger partial charge in [-0.3, -0.25) is 9.59 Å². The van der Waals surface area contributed by atoms with Crippen LogP contribution in [0.4, 0.5) is 4.79 Å². The van der Waals surface area contributed by atoms with Crippen LogP contribution in [0.25, 0.3) is 0 Å². The van der Waals surface area contributed by atoms with Crippen molar-refractivity contribution in [1.82, 2.24) is 15.1 Å². The van der Waals surface area contributed by atoms with Crippen LogP contribution in [-0.2, 0) is 4.79 Å². The van der Waals surface area contributed by atoms with Crippen molar-refractivity contribution in [3.05, 3.63) is 93.5 Å². The third kappa shape index (κ3) is 7.23. The fourth-order valence-electron chi connectivity index (χ4n) is 4.78. The zero-order chi connectivity index (χ0) is 29.7. The molecule has 0 aromatic heterocycles. The standard InChI is InChI=1S/C30H32Cl2N4O5/c1-18(2)41-25-16-23(40-3)12-13-24(25)29(38)34-27(19-4-8-21(31)9-5-19)28(20-6-10-22(32)11-7-20)36-15-14-35(30(33)39)17-26(36)37/h4-13,16,18,27-28H,14-15,17H2,1-3H3,(H2,33,39)(H,34,38)/t27-,28+/m0/s1. The molecule has 11 heteroatoms. The highest BCUT2D eigenvalue weighted by atomic mass is 35.5. The summed E-state index contributed by atoms with van der Waals surface area (Å²) in [5, 5.41) is 4.20. The number of nitrogens with zero attached hydrogens (tertiary/aromatic N) is 2. The molecular formula is C30H32Cl2N4O5. The van der Waals surface area contributed by atoms with Crippen LogP contribution in [0.2, 0.25) is 10.0 Å². The van der Waals surface area contributed by atoms with E-state index in [0.717, 1.165) is 5.56 Å². The maximum atomic E-state index is 13.9. The highest BCUT2D eigenvalue weighted by Gasteiger charge is 2.38. The molecule has 41 heavy (non-hydrogen) atoms. The Labute approximate surface area is 249 Å². The van der Waals surface area contributed by atoms with Crippen LogP contribution in [0.15, 0.2) is 66.7 Å². The number of primary amides is 1. The van der Waals surface area contributed by atoms with Crippen LogP contribution in [0.1, 0.15) is 47.4 Å². The summed E-state index contributed by atoms with van der Waals surface area (Å²) in [5.41, 5.74) is 7.21. The van der Waals surface area contributed by atoms with Gasteiger partial charge in [-0.15, -0.1) is 0 Å². The van der Waals surface area contributed by atoms with E-state index >= 15 is 0 Å². The highest BCUT2D eigenvalue weighted by Crippen LogP contribution is 2.37. The number of hydrogen-bond donors (Lipinski definition) is 2. The number of hydrogen-bond acceptors (Lipinski definition) is 5. The van der Waals surface area contributed by atoms with Gasteiger partial charge in [-0.2, -0.15) is 0 Å². The normalized spacial score (nSPS) is 14.9. The average molecular weight is 600 g/mol. The first kappa shape index (κ1) is 30.0. The first-order chi connectivity index (χ1) is 19.6. The number of piperazine rings is 1. The molecule has 3 N–H and O–H groups in total. The van der Waals surface area contributed by atoms with Crippen LogP contribution in [0.3, 0.4) is 0 Å². The summed E-state index contributed by atoms with van der Waals surface area (Å²) in [4.78, 5) is 42.2. The highest BCUT2D eigenvalue weighted by molar-refractivity contribution is 6.30. The van der Waals surface area contributed by atoms with E-state index in [-0.39, 0.29) is 31.6 Å². The smallest absolute Gasteiger partial charge is 0.315 e. The fraction of sp³-hybridized carbons (Fsp3) is 0.300. The van der Waals surface area contributed by atoms with E-state index < -0.39 is 24.0 Å². The van der Waals surface area contributed by atoms with E-state index in [4.69, 9.17) is 38.4 Å². The maximum absolute atomic E-state index is 13.9. The second-order valence-electron chi connectivity index (χ2n) is 9.87. The van der Waals surface area contributed by atoms with Gasteiger partial charge in [-0.05, 0) is 61.4 Å². The number of benzene rings is 3. The van der Waals surface area contributed by atoms with Crippen LogP contribution < -0.4 is 20.5 Å². The summed E-state index contributed by atoms with van der Waals surface area (Å²) < 4.78 is 11.3. The first-order valence-electron chi connectivity index (χ1n) is 13.1. The van der Waals surface area contributed by atoms with E-state index in [1.807, 2.05) is 26.0 Å². The van der Waals surface area contributed by atoms with Crippen molar-refractivity contribution < 1.29 is 23.9 Å². The Bertz CT molecular complexity index is 1400. The Hall–Kier alpha value is -3.95. The number of ether oxygens (including phenoxy) is 2. The summed E-state index contributed by atoms with van der Waals surface area (Å²) in [7, 11) is 1.54. The Morgan fingerprint density at radius 2 is 1.54 bits per heavy atom. The predicted molar refractivity (Wildman–Crippen MR) is 157 cm³/mol. The lowest BCUT2D eigenvalue weighted by Crippen LogP contribution is -2.56. The van der Waals surface area contributed by atoms with Gasteiger partial charge >= 0.3 is 6.03 Å². The van der Waals surface area contributed by atoms with E-state index in [1.54, 1.807) is 59.5 Å². The molecule has 1 saturated heterocycles. The summed E-state index contributed by atoms with van der Waals surface area (Å²) in [5.74, 6) is 0.186. The predicted octanol–water partition coefficient (Wildman–Crippen LogP) is 5.22. The molecule has 3 aromatic carbocycles. The van der Waals surface area contributed by atoms with Crippen molar-refractivity contribution in [2.45, 2.75) is 32.0 Å². The van der Waals surface area contributed by atoms with Gasteiger partial charge in [0.15, 0.2) is 0 Å². The molecule has 0 aliphatic carbocycles. The van der Waals surface area contributed by atoms with Crippen molar-refractivity contribution in [2.24, 2.45) is 5.73 Å². The van der Waals surface area contributed by atoms with Crippen LogP contribution >= 0.6 is 23.2 Å². The molecule has 1 heterocycles. The average Bonchev–Trinajstić information content (AvgIpc) is 2.94. The number of halogens is 2. The van der Waals surface area contributed by atoms with Gasteiger partial charge < -0.3 is 30.3 Å². The lowest BCUT2D eigenvalue weighted by molar-refractivity contribution is -0.138. The number of carbonyl (C=O) groups excluding carboxylic acids is 3. The molecule has 0 bridgehead atoms. The van der Waals surface area contributed by atoms with Crippen molar-refractivity contribution in [3.8, 4) is 11.5 Å². The zero-order valence-corrected chi connectivity index (χ0v) is 24.5. The quantitative estimate of drug-likeness (QED) is 0.350. The Kier molecular flexibility index (Phi) is 9.62. The van der Waals surface area contributed by atoms with Gasteiger partial charge in [-0.1, -0.05) is 47.5 Å². The number of nitrogens with two attached hydrogens (primary N) is 1. The molecular weight excluding hydrogens is 567 g/mol. The molecule has 0 spiro atoms. The molecule has 9 nitrogen and oxygen atoms in total. The van der Waals surface area contributed by atoms with Crippen molar-refractivity contribution in [2.75, 3.05) is 26.7 Å². The monoisotopic (exact) mass is 598 g/mol. The van der Waals surface area contributed by atoms with Crippen LogP contribution in [0.5, 0.6) is 11.5 Å². The van der Waals surface area contributed by atoms with Gasteiger partial charge in [0.25, 0.3) is 5.91 Å². The first-order valence-corrected chi connectivity index (χ1v) is 13.8. The third-order valence-electron chi connectivity index (χ3n) is 6.74. The molecule has 3 aromatic rings. The van der Waals surface area contributed by atoms with Gasteiger partial charge in [-0.25, -0.2) is 4.79 Å². The molecule has 0 radical (unpaired) electrons. The number of nitrogens with one attached hydrogen (secondary N) is 1. The Morgan fingerprint density at radius 3 is 2.07 bits per heavy atom. The summed E-state index contributed by atoms with van der Waals surface area (Å²) in [6.07, 6.45) is -0.193. The molecule has 4 amide bonds. The molecule has 1 aliphatic rings. The van der Waals surface area contributed by atoms with Gasteiger partial charge in [0.1, 0.15) is 18.0 Å². The minimum absolute atomic E-state index is 0.175. The number of carbonyl (C=O) groups is 3. The molecule has 1 fully saturated rings. The second kappa shape index (κ2) is 13.1. The fourth-order valence-corrected chi connectivity index (χ4v) is 5.04.